The maximum absolute atomic E-state index is 11.0. The average molecular weight is 481 g/mol. The summed E-state index contributed by atoms with van der Waals surface area (Å²) in [7, 11) is -2.19. The van der Waals surface area contributed by atoms with Crippen LogP contribution in [0, 0.1) is 0 Å². The van der Waals surface area contributed by atoms with Gasteiger partial charge >= 0.3 is 0 Å². The fourth-order valence-electron chi connectivity index (χ4n) is 5.53. The number of hydrogen-bond acceptors (Lipinski definition) is 3. The highest BCUT2D eigenvalue weighted by atomic mass is 32.2. The van der Waals surface area contributed by atoms with Gasteiger partial charge in [0.2, 0.25) is 0 Å². The zero-order valence-corrected chi connectivity index (χ0v) is 21.1. The Kier molecular flexibility index (Phi) is 7.10. The maximum atomic E-state index is 11.0. The summed E-state index contributed by atoms with van der Waals surface area (Å²) in [5.74, 6) is 0.680. The third kappa shape index (κ3) is 4.75. The quantitative estimate of drug-likeness (QED) is 0.294. The van der Waals surface area contributed by atoms with Crippen LogP contribution in [0.3, 0.4) is 0 Å². The normalized spacial score (nSPS) is 14.0. The van der Waals surface area contributed by atoms with Gasteiger partial charge in [0.05, 0.1) is 12.9 Å². The summed E-state index contributed by atoms with van der Waals surface area (Å²) in [5, 5.41) is 0. The van der Waals surface area contributed by atoms with Crippen LogP contribution in [0.2, 0.25) is 0 Å². The van der Waals surface area contributed by atoms with E-state index >= 15 is 0 Å². The number of benzene rings is 2. The number of aromatic nitrogens is 1. The molecule has 0 atom stereocenters. The van der Waals surface area contributed by atoms with Gasteiger partial charge in [-0.2, -0.15) is 8.42 Å². The molecule has 5 nitrogen and oxygen atoms in total. The number of fused-ring (bicyclic) bond motifs is 3. The second-order valence-electron chi connectivity index (χ2n) is 9.22. The monoisotopic (exact) mass is 480 g/mol. The molecule has 1 aliphatic rings. The van der Waals surface area contributed by atoms with Crippen LogP contribution in [0.15, 0.2) is 60.9 Å². The first kappa shape index (κ1) is 24.4. The van der Waals surface area contributed by atoms with Crippen molar-refractivity contribution in [1.82, 2.24) is 0 Å². The lowest BCUT2D eigenvalue weighted by Crippen LogP contribution is -2.33. The SMILES string of the molecule is CCCC1(CCC)c2cc(OC)ccc2-c2ccc(-c3cc[n+](CCCS(=O)(=O)O)cc3)cc21. The van der Waals surface area contributed by atoms with Crippen molar-refractivity contribution in [3.8, 4) is 28.0 Å². The number of nitrogens with zero attached hydrogens (tertiary/aromatic N) is 1. The lowest BCUT2D eigenvalue weighted by atomic mass is 9.71. The third-order valence-corrected chi connectivity index (χ3v) is 7.77. The van der Waals surface area contributed by atoms with E-state index in [2.05, 4.69) is 62.4 Å². The van der Waals surface area contributed by atoms with Crippen LogP contribution in [0.5, 0.6) is 5.75 Å². The highest BCUT2D eigenvalue weighted by molar-refractivity contribution is 7.85. The van der Waals surface area contributed by atoms with Gasteiger partial charge in [-0.3, -0.25) is 4.55 Å². The lowest BCUT2D eigenvalue weighted by molar-refractivity contribution is -0.696. The maximum Gasteiger partial charge on any atom is 0.265 e. The fraction of sp³-hybridized carbons (Fsp3) is 0.393. The molecule has 0 unspecified atom stereocenters. The topological polar surface area (TPSA) is 67.5 Å². The van der Waals surface area contributed by atoms with Crippen molar-refractivity contribution >= 4 is 10.1 Å². The van der Waals surface area contributed by atoms with E-state index in [4.69, 9.17) is 9.29 Å². The van der Waals surface area contributed by atoms with Gasteiger partial charge in [-0.25, -0.2) is 4.57 Å². The van der Waals surface area contributed by atoms with E-state index in [0.29, 0.717) is 13.0 Å². The standard InChI is InChI=1S/C28H33NO4S/c1-4-13-28(14-5-2)26-19-22(7-9-24(26)25-10-8-23(33-3)20-27(25)28)21-11-16-29(17-12-21)15-6-18-34(30,31)32/h7-12,16-17,19-20H,4-6,13-15,18H2,1-3H3/p+1. The van der Waals surface area contributed by atoms with Crippen molar-refractivity contribution in [2.75, 3.05) is 12.9 Å². The molecule has 34 heavy (non-hydrogen) atoms. The molecule has 0 saturated heterocycles. The highest BCUT2D eigenvalue weighted by Gasteiger charge is 2.42. The minimum atomic E-state index is -3.92. The van der Waals surface area contributed by atoms with Crippen molar-refractivity contribution in [3.05, 3.63) is 72.1 Å². The van der Waals surface area contributed by atoms with Gasteiger partial charge < -0.3 is 4.74 Å². The second kappa shape index (κ2) is 9.88. The Morgan fingerprint density at radius 1 is 0.882 bits per heavy atom. The first-order chi connectivity index (χ1) is 16.3. The summed E-state index contributed by atoms with van der Waals surface area (Å²) in [5.41, 5.74) is 7.72. The van der Waals surface area contributed by atoms with Crippen LogP contribution >= 0.6 is 0 Å². The molecule has 0 spiro atoms. The molecule has 1 aliphatic carbocycles. The Hall–Kier alpha value is -2.70. The Morgan fingerprint density at radius 2 is 1.50 bits per heavy atom. The van der Waals surface area contributed by atoms with Crippen molar-refractivity contribution in [1.29, 1.82) is 0 Å². The Balaban J connectivity index is 1.70. The minimum Gasteiger partial charge on any atom is -0.497 e. The van der Waals surface area contributed by atoms with Crippen molar-refractivity contribution < 1.29 is 22.3 Å². The first-order valence-electron chi connectivity index (χ1n) is 12.1. The number of pyridine rings is 1. The summed E-state index contributed by atoms with van der Waals surface area (Å²) in [6.07, 6.45) is 8.72. The van der Waals surface area contributed by atoms with Gasteiger partial charge in [-0.15, -0.1) is 0 Å². The van der Waals surface area contributed by atoms with E-state index in [0.717, 1.165) is 37.0 Å². The van der Waals surface area contributed by atoms with Gasteiger partial charge in [0, 0.05) is 24.0 Å². The van der Waals surface area contributed by atoms with E-state index < -0.39 is 10.1 Å². The smallest absolute Gasteiger partial charge is 0.265 e. The minimum absolute atomic E-state index is 0.0107. The van der Waals surface area contributed by atoms with Crippen LogP contribution in [0.1, 0.15) is 57.1 Å². The highest BCUT2D eigenvalue weighted by Crippen LogP contribution is 2.55. The van der Waals surface area contributed by atoms with Crippen LogP contribution in [0.25, 0.3) is 22.3 Å². The number of aryl methyl sites for hydroxylation is 1. The molecule has 4 rings (SSSR count). The second-order valence-corrected chi connectivity index (χ2v) is 10.8. The molecular formula is C28H34NO4S+. The molecule has 0 radical (unpaired) electrons. The van der Waals surface area contributed by atoms with Gasteiger partial charge in [0.1, 0.15) is 12.3 Å². The molecule has 0 amide bonds. The Morgan fingerprint density at radius 3 is 2.09 bits per heavy atom. The molecule has 0 fully saturated rings. The molecule has 1 aromatic heterocycles. The Labute approximate surface area is 203 Å². The van der Waals surface area contributed by atoms with Gasteiger partial charge in [0.15, 0.2) is 12.4 Å². The third-order valence-electron chi connectivity index (χ3n) is 6.96. The fourth-order valence-corrected chi connectivity index (χ4v) is 6.02. The van der Waals surface area contributed by atoms with Gasteiger partial charge in [0.25, 0.3) is 10.1 Å². The predicted molar refractivity (Wildman–Crippen MR) is 136 cm³/mol. The summed E-state index contributed by atoms with van der Waals surface area (Å²) < 4.78 is 38.4. The van der Waals surface area contributed by atoms with Crippen molar-refractivity contribution in [2.24, 2.45) is 0 Å². The first-order valence-corrected chi connectivity index (χ1v) is 13.7. The molecule has 0 aliphatic heterocycles. The Bertz CT molecular complexity index is 1260. The number of ether oxygens (including phenoxy) is 1. The molecule has 1 heterocycles. The van der Waals surface area contributed by atoms with Crippen LogP contribution in [-0.2, 0) is 22.1 Å². The number of methoxy groups -OCH3 is 1. The molecule has 2 aromatic carbocycles. The lowest BCUT2D eigenvalue weighted by Gasteiger charge is -2.32. The predicted octanol–water partition coefficient (Wildman–Crippen LogP) is 5.79. The largest absolute Gasteiger partial charge is 0.497 e. The molecule has 6 heteroatoms. The molecule has 0 bridgehead atoms. The van der Waals surface area contributed by atoms with E-state index in [1.807, 2.05) is 17.0 Å². The van der Waals surface area contributed by atoms with Crippen molar-refractivity contribution in [2.45, 2.75) is 57.9 Å². The molecule has 0 saturated carbocycles. The van der Waals surface area contributed by atoms with E-state index in [-0.39, 0.29) is 11.2 Å². The zero-order valence-electron chi connectivity index (χ0n) is 20.3. The van der Waals surface area contributed by atoms with Crippen LogP contribution in [0.4, 0.5) is 0 Å². The number of rotatable bonds is 10. The van der Waals surface area contributed by atoms with E-state index in [1.165, 1.54) is 27.8 Å². The molecule has 1 N–H and O–H groups in total. The zero-order chi connectivity index (χ0) is 24.3. The van der Waals surface area contributed by atoms with E-state index in [9.17, 15) is 8.42 Å². The molecular weight excluding hydrogens is 446 g/mol. The van der Waals surface area contributed by atoms with Crippen molar-refractivity contribution in [3.63, 3.8) is 0 Å². The van der Waals surface area contributed by atoms with Crippen LogP contribution in [-0.4, -0.2) is 25.8 Å². The summed E-state index contributed by atoms with van der Waals surface area (Å²) >= 11 is 0. The van der Waals surface area contributed by atoms with Gasteiger partial charge in [-0.05, 0) is 64.4 Å². The average Bonchev–Trinajstić information content (AvgIpc) is 3.08. The molecule has 3 aromatic rings. The number of hydrogen-bond donors (Lipinski definition) is 1. The summed E-state index contributed by atoms with van der Waals surface area (Å²) in [6.45, 7) is 5.06. The summed E-state index contributed by atoms with van der Waals surface area (Å²) in [6, 6.07) is 17.5. The van der Waals surface area contributed by atoms with Gasteiger partial charge in [-0.1, -0.05) is 44.9 Å². The van der Waals surface area contributed by atoms with Crippen LogP contribution < -0.4 is 9.30 Å². The van der Waals surface area contributed by atoms with E-state index in [1.54, 1.807) is 7.11 Å². The molecule has 180 valence electrons. The summed E-state index contributed by atoms with van der Waals surface area (Å²) in [4.78, 5) is 0.